The van der Waals surface area contributed by atoms with Gasteiger partial charge in [-0.2, -0.15) is 0 Å². The maximum Gasteiger partial charge on any atom is 0.261 e. The Morgan fingerprint density at radius 2 is 2.07 bits per heavy atom. The topological polar surface area (TPSA) is 98.2 Å². The van der Waals surface area contributed by atoms with Gasteiger partial charge in [-0.05, 0) is 19.4 Å². The van der Waals surface area contributed by atoms with E-state index in [1.807, 2.05) is 6.92 Å². The Labute approximate surface area is 91.4 Å². The Bertz CT molecular complexity index is 412. The van der Waals surface area contributed by atoms with Crippen LogP contribution in [0.5, 0.6) is 0 Å². The van der Waals surface area contributed by atoms with E-state index >= 15 is 0 Å². The molecule has 0 bridgehead atoms. The minimum absolute atomic E-state index is 0.223. The molecule has 0 aromatic carbocycles. The van der Waals surface area contributed by atoms with Crippen LogP contribution in [0.25, 0.3) is 0 Å². The third kappa shape index (κ3) is 2.10. The van der Waals surface area contributed by atoms with Crippen LogP contribution in [0, 0.1) is 6.92 Å². The number of nitrogen functional groups attached to an aromatic ring is 1. The molecule has 0 saturated heterocycles. The zero-order valence-electron chi connectivity index (χ0n) is 8.59. The van der Waals surface area contributed by atoms with Gasteiger partial charge < -0.3 is 16.8 Å². The summed E-state index contributed by atoms with van der Waals surface area (Å²) in [5.41, 5.74) is 11.6. The predicted molar refractivity (Wildman–Crippen MR) is 60.0 cm³/mol. The van der Waals surface area contributed by atoms with Gasteiger partial charge in [0.15, 0.2) is 0 Å². The summed E-state index contributed by atoms with van der Waals surface area (Å²) in [7, 11) is 0. The smallest absolute Gasteiger partial charge is 0.261 e. The molecule has 0 aliphatic rings. The summed E-state index contributed by atoms with van der Waals surface area (Å²) in [6.07, 6.45) is 0. The molecule has 6 heteroatoms. The van der Waals surface area contributed by atoms with Crippen molar-refractivity contribution in [1.82, 2.24) is 5.32 Å². The first-order valence-electron chi connectivity index (χ1n) is 4.45. The number of rotatable bonds is 3. The first kappa shape index (κ1) is 11.5. The van der Waals surface area contributed by atoms with Crippen molar-refractivity contribution in [2.24, 2.45) is 5.73 Å². The number of anilines is 1. The van der Waals surface area contributed by atoms with E-state index in [0.717, 1.165) is 11.3 Å². The van der Waals surface area contributed by atoms with Gasteiger partial charge in [0.05, 0.1) is 15.4 Å². The number of hydrogen-bond donors (Lipinski definition) is 3. The molecular formula is C9H13N3O2S. The largest absolute Gasteiger partial charge is 0.390 e. The first-order valence-corrected chi connectivity index (χ1v) is 5.27. The Balaban J connectivity index is 3.17. The molecule has 1 aromatic heterocycles. The molecule has 0 radical (unpaired) electrons. The van der Waals surface area contributed by atoms with Gasteiger partial charge in [-0.1, -0.05) is 0 Å². The summed E-state index contributed by atoms with van der Waals surface area (Å²) in [6.45, 7) is 4.01. The van der Waals surface area contributed by atoms with Gasteiger partial charge in [0.25, 0.3) is 11.8 Å². The Hall–Kier alpha value is -1.56. The third-order valence-electron chi connectivity index (χ3n) is 1.96. The second kappa shape index (κ2) is 4.31. The summed E-state index contributed by atoms with van der Waals surface area (Å²) in [6, 6.07) is 0. The van der Waals surface area contributed by atoms with Crippen LogP contribution in [0.15, 0.2) is 0 Å². The maximum atomic E-state index is 11.5. The van der Waals surface area contributed by atoms with Crippen molar-refractivity contribution >= 4 is 28.2 Å². The maximum absolute atomic E-state index is 11.5. The highest BCUT2D eigenvalue weighted by Gasteiger charge is 2.20. The van der Waals surface area contributed by atoms with Crippen LogP contribution in [0.4, 0.5) is 5.00 Å². The number of thiophene rings is 1. The van der Waals surface area contributed by atoms with Crippen molar-refractivity contribution in [3.8, 4) is 0 Å². The Kier molecular flexibility index (Phi) is 3.31. The molecule has 1 rings (SSSR count). The molecule has 82 valence electrons. The van der Waals surface area contributed by atoms with Crippen molar-refractivity contribution in [3.63, 3.8) is 0 Å². The summed E-state index contributed by atoms with van der Waals surface area (Å²) in [4.78, 5) is 23.0. The predicted octanol–water partition coefficient (Wildman–Crippen LogP) is 0.487. The number of nitrogens with two attached hydrogens (primary N) is 2. The van der Waals surface area contributed by atoms with E-state index in [2.05, 4.69) is 5.32 Å². The van der Waals surface area contributed by atoms with E-state index < -0.39 is 5.91 Å². The highest BCUT2D eigenvalue weighted by Crippen LogP contribution is 2.29. The lowest BCUT2D eigenvalue weighted by Gasteiger charge is -2.00. The highest BCUT2D eigenvalue weighted by molar-refractivity contribution is 7.18. The molecule has 1 heterocycles. The molecule has 0 saturated carbocycles. The first-order chi connectivity index (χ1) is 6.99. The van der Waals surface area contributed by atoms with E-state index in [1.165, 1.54) is 0 Å². The Morgan fingerprint density at radius 3 is 2.47 bits per heavy atom. The van der Waals surface area contributed by atoms with Gasteiger partial charge >= 0.3 is 0 Å². The minimum Gasteiger partial charge on any atom is -0.390 e. The van der Waals surface area contributed by atoms with E-state index in [9.17, 15) is 9.59 Å². The lowest BCUT2D eigenvalue weighted by molar-refractivity contribution is 0.0959. The molecule has 15 heavy (non-hydrogen) atoms. The molecule has 0 aliphatic heterocycles. The summed E-state index contributed by atoms with van der Waals surface area (Å²) in [5, 5.41) is 2.94. The molecule has 1 aromatic rings. The van der Waals surface area contributed by atoms with Crippen LogP contribution in [0.3, 0.4) is 0 Å². The van der Waals surface area contributed by atoms with Gasteiger partial charge in [0.2, 0.25) is 0 Å². The average molecular weight is 227 g/mol. The number of nitrogens with one attached hydrogen (secondary N) is 1. The van der Waals surface area contributed by atoms with Crippen LogP contribution in [-0.2, 0) is 0 Å². The number of carbonyl (C=O) groups is 2. The van der Waals surface area contributed by atoms with Gasteiger partial charge in [-0.15, -0.1) is 11.3 Å². The number of amides is 2. The number of carbonyl (C=O) groups excluding carboxylic acids is 2. The molecule has 0 aliphatic carbocycles. The lowest BCUT2D eigenvalue weighted by atomic mass is 10.1. The lowest BCUT2D eigenvalue weighted by Crippen LogP contribution is -2.22. The van der Waals surface area contributed by atoms with Crippen LogP contribution in [-0.4, -0.2) is 18.4 Å². The number of primary amides is 1. The van der Waals surface area contributed by atoms with Crippen molar-refractivity contribution in [2.45, 2.75) is 13.8 Å². The standard InChI is InChI=1S/C9H13N3O2S/c1-3-12-9(14)6-4(2)5(7(10)13)8(11)15-6/h3,11H2,1-2H3,(H2,10,13)(H,12,14). The zero-order valence-corrected chi connectivity index (χ0v) is 9.40. The van der Waals surface area contributed by atoms with E-state index in [-0.39, 0.29) is 11.5 Å². The van der Waals surface area contributed by atoms with Crippen LogP contribution < -0.4 is 16.8 Å². The van der Waals surface area contributed by atoms with E-state index in [0.29, 0.717) is 22.0 Å². The fourth-order valence-electron chi connectivity index (χ4n) is 1.30. The van der Waals surface area contributed by atoms with E-state index in [1.54, 1.807) is 6.92 Å². The molecule has 5 N–H and O–H groups in total. The van der Waals surface area contributed by atoms with Gasteiger partial charge in [-0.25, -0.2) is 0 Å². The average Bonchev–Trinajstić information content (AvgIpc) is 2.42. The third-order valence-corrected chi connectivity index (χ3v) is 3.08. The van der Waals surface area contributed by atoms with Crippen molar-refractivity contribution in [3.05, 3.63) is 16.0 Å². The monoisotopic (exact) mass is 227 g/mol. The molecule has 0 atom stereocenters. The quantitative estimate of drug-likeness (QED) is 0.700. The molecule has 0 fully saturated rings. The van der Waals surface area contributed by atoms with Crippen LogP contribution in [0.1, 0.15) is 32.5 Å². The van der Waals surface area contributed by atoms with Crippen molar-refractivity contribution < 1.29 is 9.59 Å². The number of hydrogen-bond acceptors (Lipinski definition) is 4. The fourth-order valence-corrected chi connectivity index (χ4v) is 2.30. The normalized spacial score (nSPS) is 10.0. The van der Waals surface area contributed by atoms with Gasteiger partial charge in [0, 0.05) is 6.54 Å². The summed E-state index contributed by atoms with van der Waals surface area (Å²) in [5.74, 6) is -0.823. The zero-order chi connectivity index (χ0) is 11.6. The second-order valence-electron chi connectivity index (χ2n) is 3.02. The fraction of sp³-hybridized carbons (Fsp3) is 0.333. The minimum atomic E-state index is -0.600. The van der Waals surface area contributed by atoms with Crippen molar-refractivity contribution in [2.75, 3.05) is 12.3 Å². The molecule has 0 unspecified atom stereocenters. The highest BCUT2D eigenvalue weighted by atomic mass is 32.1. The summed E-state index contributed by atoms with van der Waals surface area (Å²) >= 11 is 1.08. The van der Waals surface area contributed by atoms with E-state index in [4.69, 9.17) is 11.5 Å². The second-order valence-corrected chi connectivity index (χ2v) is 4.07. The van der Waals surface area contributed by atoms with Gasteiger partial charge in [0.1, 0.15) is 0 Å². The Morgan fingerprint density at radius 1 is 1.47 bits per heavy atom. The molecule has 5 nitrogen and oxygen atoms in total. The SMILES string of the molecule is CCNC(=O)c1sc(N)c(C(N)=O)c1C. The molecule has 2 amide bonds. The van der Waals surface area contributed by atoms with Crippen LogP contribution >= 0.6 is 11.3 Å². The summed E-state index contributed by atoms with van der Waals surface area (Å²) < 4.78 is 0. The molecular weight excluding hydrogens is 214 g/mol. The van der Waals surface area contributed by atoms with Crippen molar-refractivity contribution in [1.29, 1.82) is 0 Å². The molecule has 0 spiro atoms. The van der Waals surface area contributed by atoms with Gasteiger partial charge in [-0.3, -0.25) is 9.59 Å². The van der Waals surface area contributed by atoms with Crippen LogP contribution in [0.2, 0.25) is 0 Å².